The fourth-order valence-corrected chi connectivity index (χ4v) is 0.732. The van der Waals surface area contributed by atoms with Gasteiger partial charge in [0.05, 0.1) is 0 Å². The zero-order chi connectivity index (χ0) is 10.4. The van der Waals surface area contributed by atoms with Gasteiger partial charge in [0.1, 0.15) is 0 Å². The van der Waals surface area contributed by atoms with Crippen molar-refractivity contribution >= 4 is 17.5 Å². The maximum absolute atomic E-state index is 12.5. The molecule has 0 aromatic carbocycles. The zero-order valence-electron chi connectivity index (χ0n) is 7.75. The average Bonchev–Trinajstić information content (AvgIpc) is 2.06. The normalized spacial score (nSPS) is 11.5. The van der Waals surface area contributed by atoms with Crippen LogP contribution in [-0.2, 0) is 0 Å². The Balaban J connectivity index is 0.000000671. The molecular formula is C7H12ClFN4. The molecule has 13 heavy (non-hydrogen) atoms. The summed E-state index contributed by atoms with van der Waals surface area (Å²) in [6.07, 6.45) is -1.28. The topological polar surface area (TPSA) is 64.7 Å². The van der Waals surface area contributed by atoms with E-state index < -0.39 is 6.17 Å². The van der Waals surface area contributed by atoms with Crippen LogP contribution in [0.15, 0.2) is 0 Å². The lowest BCUT2D eigenvalue weighted by molar-refractivity contribution is 0.356. The number of alkyl halides is 1. The van der Waals surface area contributed by atoms with Crippen molar-refractivity contribution in [1.82, 2.24) is 15.0 Å². The predicted molar refractivity (Wildman–Crippen MR) is 50.1 cm³/mol. The molecule has 0 spiro atoms. The number of nitrogens with zero attached hydrogens (tertiary/aromatic N) is 3. The third-order valence-electron chi connectivity index (χ3n) is 0.999. The van der Waals surface area contributed by atoms with Crippen molar-refractivity contribution < 1.29 is 4.39 Å². The number of hydrogen-bond acceptors (Lipinski definition) is 4. The number of aromatic nitrogens is 3. The summed E-state index contributed by atoms with van der Waals surface area (Å²) in [5.41, 5.74) is 5.18. The molecule has 4 nitrogen and oxygen atoms in total. The molecule has 0 saturated heterocycles. The minimum atomic E-state index is -1.28. The Morgan fingerprint density at radius 2 is 1.85 bits per heavy atom. The SMILES string of the molecule is CC.CC(F)c1nc(N)nc(Cl)n1. The van der Waals surface area contributed by atoms with Gasteiger partial charge in [-0.05, 0) is 18.5 Å². The second-order valence-electron chi connectivity index (χ2n) is 1.94. The molecule has 74 valence electrons. The molecule has 1 rings (SSSR count). The van der Waals surface area contributed by atoms with Crippen LogP contribution in [0.25, 0.3) is 0 Å². The molecule has 6 heteroatoms. The second-order valence-corrected chi connectivity index (χ2v) is 2.27. The molecule has 0 saturated carbocycles. The van der Waals surface area contributed by atoms with Crippen molar-refractivity contribution in [2.45, 2.75) is 26.9 Å². The molecule has 1 unspecified atom stereocenters. The number of nitrogen functional groups attached to an aromatic ring is 1. The Hall–Kier alpha value is -0.970. The number of halogens is 2. The lowest BCUT2D eigenvalue weighted by atomic mass is 10.4. The number of hydrogen-bond donors (Lipinski definition) is 1. The monoisotopic (exact) mass is 206 g/mol. The Morgan fingerprint density at radius 3 is 2.23 bits per heavy atom. The first kappa shape index (κ1) is 12.0. The molecular weight excluding hydrogens is 195 g/mol. The average molecular weight is 207 g/mol. The highest BCUT2D eigenvalue weighted by Crippen LogP contribution is 2.13. The van der Waals surface area contributed by atoms with Crippen LogP contribution in [0.2, 0.25) is 5.28 Å². The van der Waals surface area contributed by atoms with Gasteiger partial charge in [-0.3, -0.25) is 0 Å². The van der Waals surface area contributed by atoms with E-state index in [2.05, 4.69) is 15.0 Å². The summed E-state index contributed by atoms with van der Waals surface area (Å²) in [5, 5.41) is -0.0861. The zero-order valence-corrected chi connectivity index (χ0v) is 8.51. The standard InChI is InChI=1S/C5H6ClFN4.C2H6/c1-2(7)3-9-4(6)11-5(8)10-3;1-2/h2H,1H3,(H2,8,9,10,11);1-2H3. The van der Waals surface area contributed by atoms with E-state index >= 15 is 0 Å². The van der Waals surface area contributed by atoms with Gasteiger partial charge < -0.3 is 5.73 Å². The van der Waals surface area contributed by atoms with Gasteiger partial charge in [-0.2, -0.15) is 15.0 Å². The van der Waals surface area contributed by atoms with E-state index in [1.54, 1.807) is 0 Å². The van der Waals surface area contributed by atoms with Crippen LogP contribution in [0.5, 0.6) is 0 Å². The Kier molecular flexibility index (Phi) is 5.22. The van der Waals surface area contributed by atoms with Crippen LogP contribution >= 0.6 is 11.6 Å². The highest BCUT2D eigenvalue weighted by molar-refractivity contribution is 6.28. The van der Waals surface area contributed by atoms with Crippen molar-refractivity contribution in [3.63, 3.8) is 0 Å². The summed E-state index contributed by atoms with van der Waals surface area (Å²) in [7, 11) is 0. The summed E-state index contributed by atoms with van der Waals surface area (Å²) in [6, 6.07) is 0. The highest BCUT2D eigenvalue weighted by Gasteiger charge is 2.08. The van der Waals surface area contributed by atoms with Crippen LogP contribution in [0.4, 0.5) is 10.3 Å². The van der Waals surface area contributed by atoms with E-state index in [4.69, 9.17) is 17.3 Å². The third-order valence-corrected chi connectivity index (χ3v) is 1.17. The van der Waals surface area contributed by atoms with Crippen LogP contribution in [-0.4, -0.2) is 15.0 Å². The Bertz CT molecular complexity index is 246. The van der Waals surface area contributed by atoms with Crippen LogP contribution in [0.1, 0.15) is 32.8 Å². The molecule has 0 aliphatic carbocycles. The van der Waals surface area contributed by atoms with Gasteiger partial charge in [0.25, 0.3) is 0 Å². The first-order chi connectivity index (χ1) is 6.09. The third kappa shape index (κ3) is 3.98. The summed E-state index contributed by atoms with van der Waals surface area (Å²) >= 11 is 5.39. The van der Waals surface area contributed by atoms with Gasteiger partial charge in [-0.15, -0.1) is 0 Å². The quantitative estimate of drug-likeness (QED) is 0.765. The highest BCUT2D eigenvalue weighted by atomic mass is 35.5. The summed E-state index contributed by atoms with van der Waals surface area (Å²) in [5.74, 6) is -0.105. The molecule has 1 aromatic heterocycles. The van der Waals surface area contributed by atoms with E-state index in [1.165, 1.54) is 6.92 Å². The van der Waals surface area contributed by atoms with Crippen molar-refractivity contribution in [1.29, 1.82) is 0 Å². The Labute approximate surface area is 81.4 Å². The molecule has 1 atom stereocenters. The lowest BCUT2D eigenvalue weighted by Crippen LogP contribution is -2.03. The van der Waals surface area contributed by atoms with Crippen molar-refractivity contribution in [3.8, 4) is 0 Å². The summed E-state index contributed by atoms with van der Waals surface area (Å²) in [6.45, 7) is 5.30. The lowest BCUT2D eigenvalue weighted by Gasteiger charge is -2.00. The van der Waals surface area contributed by atoms with E-state index in [9.17, 15) is 4.39 Å². The van der Waals surface area contributed by atoms with Crippen molar-refractivity contribution in [2.24, 2.45) is 0 Å². The molecule has 0 bridgehead atoms. The van der Waals surface area contributed by atoms with Gasteiger partial charge in [-0.1, -0.05) is 13.8 Å². The number of rotatable bonds is 1. The van der Waals surface area contributed by atoms with E-state index in [0.29, 0.717) is 0 Å². The largest absolute Gasteiger partial charge is 0.368 e. The fourth-order valence-electron chi connectivity index (χ4n) is 0.559. The molecule has 0 amide bonds. The maximum Gasteiger partial charge on any atom is 0.227 e. The minimum Gasteiger partial charge on any atom is -0.368 e. The molecule has 1 heterocycles. The van der Waals surface area contributed by atoms with Gasteiger partial charge in [-0.25, -0.2) is 4.39 Å². The molecule has 0 fully saturated rings. The maximum atomic E-state index is 12.5. The van der Waals surface area contributed by atoms with Crippen molar-refractivity contribution in [3.05, 3.63) is 11.1 Å². The minimum absolute atomic E-state index is 0.0394. The van der Waals surface area contributed by atoms with Crippen molar-refractivity contribution in [2.75, 3.05) is 5.73 Å². The smallest absolute Gasteiger partial charge is 0.227 e. The van der Waals surface area contributed by atoms with Crippen LogP contribution < -0.4 is 5.73 Å². The first-order valence-corrected chi connectivity index (χ1v) is 4.28. The van der Waals surface area contributed by atoms with Crippen LogP contribution in [0.3, 0.4) is 0 Å². The van der Waals surface area contributed by atoms with Gasteiger partial charge in [0.15, 0.2) is 12.0 Å². The summed E-state index contributed by atoms with van der Waals surface area (Å²) in [4.78, 5) is 10.5. The molecule has 0 aliphatic rings. The first-order valence-electron chi connectivity index (χ1n) is 3.90. The van der Waals surface area contributed by atoms with Gasteiger partial charge >= 0.3 is 0 Å². The van der Waals surface area contributed by atoms with Gasteiger partial charge in [0.2, 0.25) is 11.2 Å². The number of anilines is 1. The fraction of sp³-hybridized carbons (Fsp3) is 0.571. The van der Waals surface area contributed by atoms with Crippen LogP contribution in [0, 0.1) is 0 Å². The van der Waals surface area contributed by atoms with E-state index in [1.807, 2.05) is 13.8 Å². The van der Waals surface area contributed by atoms with E-state index in [0.717, 1.165) is 0 Å². The van der Waals surface area contributed by atoms with Gasteiger partial charge in [0, 0.05) is 0 Å². The number of nitrogens with two attached hydrogens (primary N) is 1. The second kappa shape index (κ2) is 5.64. The molecule has 0 aliphatic heterocycles. The molecule has 1 aromatic rings. The summed E-state index contributed by atoms with van der Waals surface area (Å²) < 4.78 is 12.5. The van der Waals surface area contributed by atoms with E-state index in [-0.39, 0.29) is 17.1 Å². The molecule has 0 radical (unpaired) electrons. The Morgan fingerprint density at radius 1 is 1.31 bits per heavy atom. The molecule has 2 N–H and O–H groups in total. The predicted octanol–water partition coefficient (Wildman–Crippen LogP) is 2.16.